The number of rotatable bonds is 7. The number of carbonyl (C=O) groups excluding carboxylic acids is 3. The number of imide groups is 1. The summed E-state index contributed by atoms with van der Waals surface area (Å²) in [4.78, 5) is 39.7. The molecule has 6 heteroatoms. The molecule has 29 heavy (non-hydrogen) atoms. The molecule has 1 aliphatic rings. The van der Waals surface area contributed by atoms with Gasteiger partial charge in [-0.3, -0.25) is 9.59 Å². The molecule has 6 nitrogen and oxygen atoms in total. The van der Waals surface area contributed by atoms with Crippen molar-refractivity contribution in [3.05, 3.63) is 35.9 Å². The quantitative estimate of drug-likeness (QED) is 0.638. The lowest BCUT2D eigenvalue weighted by molar-refractivity contribution is -0.164. The van der Waals surface area contributed by atoms with Crippen LogP contribution >= 0.6 is 0 Å². The Kier molecular flexibility index (Phi) is 7.44. The fourth-order valence-electron chi connectivity index (χ4n) is 3.53. The molecule has 0 radical (unpaired) electrons. The predicted octanol–water partition coefficient (Wildman–Crippen LogP) is 4.22. The first-order chi connectivity index (χ1) is 13.5. The number of esters is 1. The molecule has 2 rings (SSSR count). The van der Waals surface area contributed by atoms with E-state index >= 15 is 0 Å². The molecule has 3 atom stereocenters. The van der Waals surface area contributed by atoms with Gasteiger partial charge in [-0.2, -0.15) is 0 Å². The van der Waals surface area contributed by atoms with Crippen molar-refractivity contribution in [3.8, 4) is 0 Å². The van der Waals surface area contributed by atoms with Gasteiger partial charge in [-0.15, -0.1) is 0 Å². The fourth-order valence-corrected chi connectivity index (χ4v) is 3.53. The summed E-state index contributed by atoms with van der Waals surface area (Å²) < 4.78 is 10.7. The number of cyclic esters (lactones) is 1. The topological polar surface area (TPSA) is 72.9 Å². The minimum absolute atomic E-state index is 0.161. The fraction of sp³-hybridized carbons (Fsp3) is 0.609. The van der Waals surface area contributed by atoms with Gasteiger partial charge in [0.2, 0.25) is 5.91 Å². The Hall–Kier alpha value is -2.37. The molecular weight excluding hydrogens is 370 g/mol. The van der Waals surface area contributed by atoms with Gasteiger partial charge in [0.05, 0.1) is 17.9 Å². The standard InChI is InChI=1S/C23H33NO5/c1-15(2)12-19(16(3)21(26)29-23(4,5)6)20(25)24-18(14-28-22(24)27)13-17-10-8-7-9-11-17/h7-11,15-16,18-19H,12-14H2,1-6H3/t16-,18-,19+/m0/s1. The van der Waals surface area contributed by atoms with Gasteiger partial charge in [-0.1, -0.05) is 51.1 Å². The molecule has 1 aromatic carbocycles. The van der Waals surface area contributed by atoms with Gasteiger partial charge in [0.25, 0.3) is 0 Å². The molecule has 0 aromatic heterocycles. The third kappa shape index (κ3) is 6.31. The number of ether oxygens (including phenoxy) is 2. The predicted molar refractivity (Wildman–Crippen MR) is 110 cm³/mol. The Morgan fingerprint density at radius 1 is 1.17 bits per heavy atom. The first-order valence-corrected chi connectivity index (χ1v) is 10.3. The van der Waals surface area contributed by atoms with Crippen LogP contribution in [0, 0.1) is 17.8 Å². The monoisotopic (exact) mass is 403 g/mol. The number of carbonyl (C=O) groups is 3. The molecule has 1 aliphatic heterocycles. The Bertz CT molecular complexity index is 723. The second-order valence-electron chi connectivity index (χ2n) is 9.19. The molecule has 1 fully saturated rings. The van der Waals surface area contributed by atoms with Crippen molar-refractivity contribution in [2.24, 2.45) is 17.8 Å². The van der Waals surface area contributed by atoms with Crippen LogP contribution in [-0.2, 0) is 25.5 Å². The van der Waals surface area contributed by atoms with Gasteiger partial charge in [-0.05, 0) is 45.1 Å². The van der Waals surface area contributed by atoms with Gasteiger partial charge < -0.3 is 9.47 Å². The van der Waals surface area contributed by atoms with Gasteiger partial charge in [0, 0.05) is 0 Å². The highest BCUT2D eigenvalue weighted by molar-refractivity contribution is 5.96. The zero-order chi connectivity index (χ0) is 21.8. The van der Waals surface area contributed by atoms with Crippen LogP contribution in [0.1, 0.15) is 53.5 Å². The lowest BCUT2D eigenvalue weighted by Crippen LogP contribution is -2.47. The van der Waals surface area contributed by atoms with E-state index in [9.17, 15) is 14.4 Å². The number of hydrogen-bond acceptors (Lipinski definition) is 5. The Labute approximate surface area is 173 Å². The second-order valence-corrected chi connectivity index (χ2v) is 9.19. The lowest BCUT2D eigenvalue weighted by atomic mass is 9.84. The van der Waals surface area contributed by atoms with Crippen molar-refractivity contribution in [1.82, 2.24) is 4.90 Å². The molecule has 0 saturated carbocycles. The first kappa shape index (κ1) is 22.9. The molecule has 0 unspecified atom stereocenters. The summed E-state index contributed by atoms with van der Waals surface area (Å²) in [5, 5.41) is 0. The average Bonchev–Trinajstić information content (AvgIpc) is 2.98. The van der Waals surface area contributed by atoms with Crippen LogP contribution in [0.3, 0.4) is 0 Å². The van der Waals surface area contributed by atoms with Gasteiger partial charge in [-0.25, -0.2) is 9.69 Å². The SMILES string of the molecule is CC(C)C[C@@H](C(=O)N1C(=O)OC[C@@H]1Cc1ccccc1)[C@H](C)C(=O)OC(C)(C)C. The maximum Gasteiger partial charge on any atom is 0.416 e. The molecule has 1 aromatic rings. The summed E-state index contributed by atoms with van der Waals surface area (Å²) >= 11 is 0. The van der Waals surface area contributed by atoms with Gasteiger partial charge in [0.15, 0.2) is 0 Å². The Balaban J connectivity index is 2.23. The number of amides is 2. The average molecular weight is 404 g/mol. The second kappa shape index (κ2) is 9.42. The summed E-state index contributed by atoms with van der Waals surface area (Å²) in [6.45, 7) is 11.2. The smallest absolute Gasteiger partial charge is 0.416 e. The van der Waals surface area contributed by atoms with Crippen molar-refractivity contribution in [3.63, 3.8) is 0 Å². The molecule has 0 bridgehead atoms. The zero-order valence-corrected chi connectivity index (χ0v) is 18.3. The Morgan fingerprint density at radius 2 is 1.79 bits per heavy atom. The van der Waals surface area contributed by atoms with Crippen molar-refractivity contribution in [2.75, 3.05) is 6.61 Å². The zero-order valence-electron chi connectivity index (χ0n) is 18.3. The number of hydrogen-bond donors (Lipinski definition) is 0. The molecule has 1 saturated heterocycles. The summed E-state index contributed by atoms with van der Waals surface area (Å²) in [6, 6.07) is 9.30. The van der Waals surface area contributed by atoms with Crippen LogP contribution in [0.25, 0.3) is 0 Å². The lowest BCUT2D eigenvalue weighted by Gasteiger charge is -2.30. The number of benzene rings is 1. The van der Waals surface area contributed by atoms with Crippen LogP contribution in [0.2, 0.25) is 0 Å². The molecule has 0 spiro atoms. The van der Waals surface area contributed by atoms with E-state index in [0.29, 0.717) is 12.8 Å². The third-order valence-electron chi connectivity index (χ3n) is 4.94. The van der Waals surface area contributed by atoms with Crippen LogP contribution in [-0.4, -0.2) is 41.1 Å². The van der Waals surface area contributed by atoms with Crippen molar-refractivity contribution in [1.29, 1.82) is 0 Å². The molecule has 1 heterocycles. The minimum atomic E-state index is -0.657. The summed E-state index contributed by atoms with van der Waals surface area (Å²) in [5.74, 6) is -1.91. The van der Waals surface area contributed by atoms with Crippen LogP contribution < -0.4 is 0 Å². The van der Waals surface area contributed by atoms with Crippen LogP contribution in [0.15, 0.2) is 30.3 Å². The van der Waals surface area contributed by atoms with Crippen molar-refractivity contribution < 1.29 is 23.9 Å². The van der Waals surface area contributed by atoms with E-state index in [-0.39, 0.29) is 24.5 Å². The van der Waals surface area contributed by atoms with Crippen molar-refractivity contribution in [2.45, 2.75) is 66.0 Å². The molecule has 2 amide bonds. The van der Waals surface area contributed by atoms with Crippen LogP contribution in [0.5, 0.6) is 0 Å². The van der Waals surface area contributed by atoms with Gasteiger partial charge in [0.1, 0.15) is 12.2 Å². The largest absolute Gasteiger partial charge is 0.460 e. The maximum atomic E-state index is 13.4. The highest BCUT2D eigenvalue weighted by Crippen LogP contribution is 2.29. The number of nitrogens with zero attached hydrogens (tertiary/aromatic N) is 1. The van der Waals surface area contributed by atoms with E-state index in [1.807, 2.05) is 44.2 Å². The molecule has 0 N–H and O–H groups in total. The minimum Gasteiger partial charge on any atom is -0.460 e. The van der Waals surface area contributed by atoms with E-state index in [2.05, 4.69) is 0 Å². The van der Waals surface area contributed by atoms with E-state index < -0.39 is 29.5 Å². The maximum absolute atomic E-state index is 13.4. The van der Waals surface area contributed by atoms with Gasteiger partial charge >= 0.3 is 12.1 Å². The highest BCUT2D eigenvalue weighted by atomic mass is 16.6. The van der Waals surface area contributed by atoms with Crippen molar-refractivity contribution >= 4 is 18.0 Å². The van der Waals surface area contributed by atoms with E-state index in [1.165, 1.54) is 4.90 Å². The van der Waals surface area contributed by atoms with E-state index in [0.717, 1.165) is 5.56 Å². The molecule has 160 valence electrons. The normalized spacial score (nSPS) is 19.1. The summed E-state index contributed by atoms with van der Waals surface area (Å²) in [7, 11) is 0. The first-order valence-electron chi connectivity index (χ1n) is 10.3. The highest BCUT2D eigenvalue weighted by Gasteiger charge is 2.44. The van der Waals surface area contributed by atoms with Crippen LogP contribution in [0.4, 0.5) is 4.79 Å². The Morgan fingerprint density at radius 3 is 2.34 bits per heavy atom. The summed E-state index contributed by atoms with van der Waals surface area (Å²) in [5.41, 5.74) is 0.383. The molecular formula is C23H33NO5. The third-order valence-corrected chi connectivity index (χ3v) is 4.94. The van der Waals surface area contributed by atoms with E-state index in [1.54, 1.807) is 27.7 Å². The molecule has 0 aliphatic carbocycles. The summed E-state index contributed by atoms with van der Waals surface area (Å²) in [6.07, 6.45) is 0.371. The van der Waals surface area contributed by atoms with E-state index in [4.69, 9.17) is 9.47 Å².